The highest BCUT2D eigenvalue weighted by Crippen LogP contribution is 2.31. The lowest BCUT2D eigenvalue weighted by atomic mass is 10.2. The van der Waals surface area contributed by atoms with Crippen molar-refractivity contribution in [1.29, 1.82) is 0 Å². The average Bonchev–Trinajstić information content (AvgIpc) is 2.61. The predicted octanol–water partition coefficient (Wildman–Crippen LogP) is 3.06. The van der Waals surface area contributed by atoms with Gasteiger partial charge in [0.2, 0.25) is 0 Å². The molecule has 2 aromatic carbocycles. The van der Waals surface area contributed by atoms with Crippen LogP contribution in [0.5, 0.6) is 23.0 Å². The Labute approximate surface area is 148 Å². The summed E-state index contributed by atoms with van der Waals surface area (Å²) in [5, 5.41) is 3.39. The van der Waals surface area contributed by atoms with Gasteiger partial charge in [-0.2, -0.15) is 0 Å². The van der Waals surface area contributed by atoms with Crippen molar-refractivity contribution in [2.24, 2.45) is 0 Å². The highest BCUT2D eigenvalue weighted by atomic mass is 35.5. The van der Waals surface area contributed by atoms with E-state index in [-0.39, 0.29) is 18.5 Å². The van der Waals surface area contributed by atoms with Crippen molar-refractivity contribution in [3.05, 3.63) is 48.0 Å². The Bertz CT molecular complexity index is 665. The molecule has 1 aliphatic heterocycles. The van der Waals surface area contributed by atoms with Crippen LogP contribution in [-0.4, -0.2) is 33.5 Å². The lowest BCUT2D eigenvalue weighted by Crippen LogP contribution is -2.38. The molecule has 0 aliphatic carbocycles. The Morgan fingerprint density at radius 2 is 1.79 bits per heavy atom. The van der Waals surface area contributed by atoms with Gasteiger partial charge < -0.3 is 24.3 Å². The van der Waals surface area contributed by atoms with Gasteiger partial charge in [0.15, 0.2) is 23.0 Å². The van der Waals surface area contributed by atoms with Gasteiger partial charge in [0, 0.05) is 13.1 Å². The van der Waals surface area contributed by atoms with E-state index in [1.54, 1.807) is 14.2 Å². The first-order valence-corrected chi connectivity index (χ1v) is 7.60. The Kier molecular flexibility index (Phi) is 6.58. The molecule has 1 heterocycles. The number of methoxy groups -OCH3 is 2. The largest absolute Gasteiger partial charge is 0.493 e. The van der Waals surface area contributed by atoms with Gasteiger partial charge in [-0.25, -0.2) is 0 Å². The molecule has 0 bridgehead atoms. The van der Waals surface area contributed by atoms with Crippen LogP contribution in [0.4, 0.5) is 0 Å². The molecule has 24 heavy (non-hydrogen) atoms. The smallest absolute Gasteiger partial charge is 0.161 e. The minimum atomic E-state index is 0. The monoisotopic (exact) mass is 351 g/mol. The molecule has 2 aromatic rings. The Hall–Kier alpha value is -2.11. The van der Waals surface area contributed by atoms with Crippen molar-refractivity contribution in [1.82, 2.24) is 5.32 Å². The van der Waals surface area contributed by atoms with Crippen LogP contribution in [0.2, 0.25) is 0 Å². The van der Waals surface area contributed by atoms with E-state index in [2.05, 4.69) is 5.32 Å². The third kappa shape index (κ3) is 4.24. The van der Waals surface area contributed by atoms with Gasteiger partial charge >= 0.3 is 0 Å². The number of para-hydroxylation sites is 2. The number of hydrogen-bond acceptors (Lipinski definition) is 5. The predicted molar refractivity (Wildman–Crippen MR) is 94.9 cm³/mol. The first kappa shape index (κ1) is 18.2. The first-order chi connectivity index (χ1) is 11.3. The molecule has 5 nitrogen and oxygen atoms in total. The fourth-order valence-electron chi connectivity index (χ4n) is 2.53. The second-order valence-electron chi connectivity index (χ2n) is 5.32. The molecule has 130 valence electrons. The molecule has 0 amide bonds. The summed E-state index contributed by atoms with van der Waals surface area (Å²) in [5.41, 5.74) is 1.12. The van der Waals surface area contributed by atoms with Gasteiger partial charge in [-0.15, -0.1) is 12.4 Å². The van der Waals surface area contributed by atoms with Crippen LogP contribution in [0.1, 0.15) is 5.56 Å². The standard InChI is InChI=1S/C18H21NO4.ClH/c1-20-15-8-7-13(9-18(15)21-2)10-19-11-14-12-22-16-5-3-4-6-17(16)23-14;/h3-9,14,19H,10-12H2,1-2H3;1H. The van der Waals surface area contributed by atoms with Crippen LogP contribution in [0.25, 0.3) is 0 Å². The third-order valence-electron chi connectivity index (χ3n) is 3.72. The zero-order chi connectivity index (χ0) is 16.1. The summed E-state index contributed by atoms with van der Waals surface area (Å²) in [6.07, 6.45) is 0.00467. The van der Waals surface area contributed by atoms with Crippen molar-refractivity contribution >= 4 is 12.4 Å². The molecule has 0 radical (unpaired) electrons. The van der Waals surface area contributed by atoms with E-state index >= 15 is 0 Å². The van der Waals surface area contributed by atoms with E-state index in [9.17, 15) is 0 Å². The number of ether oxygens (including phenoxy) is 4. The van der Waals surface area contributed by atoms with Gasteiger partial charge in [-0.3, -0.25) is 0 Å². The zero-order valence-corrected chi connectivity index (χ0v) is 14.6. The summed E-state index contributed by atoms with van der Waals surface area (Å²) in [4.78, 5) is 0. The van der Waals surface area contributed by atoms with E-state index < -0.39 is 0 Å². The first-order valence-electron chi connectivity index (χ1n) is 7.60. The molecule has 1 N–H and O–H groups in total. The molecule has 3 rings (SSSR count). The molecule has 1 aliphatic rings. The van der Waals surface area contributed by atoms with Crippen LogP contribution in [-0.2, 0) is 6.54 Å². The molecule has 0 saturated heterocycles. The number of fused-ring (bicyclic) bond motifs is 1. The maximum absolute atomic E-state index is 5.92. The molecule has 0 spiro atoms. The summed E-state index contributed by atoms with van der Waals surface area (Å²) < 4.78 is 22.2. The van der Waals surface area contributed by atoms with Crippen LogP contribution in [0, 0.1) is 0 Å². The van der Waals surface area contributed by atoms with Crippen molar-refractivity contribution < 1.29 is 18.9 Å². The summed E-state index contributed by atoms with van der Waals surface area (Å²) in [5.74, 6) is 3.08. The van der Waals surface area contributed by atoms with Crippen molar-refractivity contribution in [3.63, 3.8) is 0 Å². The number of halogens is 1. The fraction of sp³-hybridized carbons (Fsp3) is 0.333. The summed E-state index contributed by atoms with van der Waals surface area (Å²) in [7, 11) is 3.27. The number of rotatable bonds is 6. The molecule has 1 atom stereocenters. The SMILES string of the molecule is COc1ccc(CNCC2COc3ccccc3O2)cc1OC.Cl. The maximum Gasteiger partial charge on any atom is 0.161 e. The third-order valence-corrected chi connectivity index (χ3v) is 3.72. The molecule has 6 heteroatoms. The van der Waals surface area contributed by atoms with Crippen LogP contribution in [0.3, 0.4) is 0 Å². The lowest BCUT2D eigenvalue weighted by molar-refractivity contribution is 0.0902. The maximum atomic E-state index is 5.92. The minimum Gasteiger partial charge on any atom is -0.493 e. The fourth-order valence-corrected chi connectivity index (χ4v) is 2.53. The van der Waals surface area contributed by atoms with Gasteiger partial charge in [0.25, 0.3) is 0 Å². The number of nitrogens with one attached hydrogen (secondary N) is 1. The molecule has 0 saturated carbocycles. The minimum absolute atomic E-state index is 0. The zero-order valence-electron chi connectivity index (χ0n) is 13.8. The van der Waals surface area contributed by atoms with Crippen molar-refractivity contribution in [3.8, 4) is 23.0 Å². The summed E-state index contributed by atoms with van der Waals surface area (Å²) in [6.45, 7) is 1.99. The van der Waals surface area contributed by atoms with Crippen LogP contribution in [0.15, 0.2) is 42.5 Å². The molecular formula is C18H22ClNO4. The topological polar surface area (TPSA) is 49.0 Å². The second-order valence-corrected chi connectivity index (χ2v) is 5.32. The van der Waals surface area contributed by atoms with E-state index in [1.807, 2.05) is 42.5 Å². The molecule has 0 aromatic heterocycles. The summed E-state index contributed by atoms with van der Waals surface area (Å²) in [6, 6.07) is 13.6. The normalized spacial score (nSPS) is 15.3. The number of benzene rings is 2. The second kappa shape index (κ2) is 8.66. The van der Waals surface area contributed by atoms with E-state index in [0.717, 1.165) is 35.1 Å². The van der Waals surface area contributed by atoms with Gasteiger partial charge in [-0.1, -0.05) is 18.2 Å². The Morgan fingerprint density at radius 3 is 2.54 bits per heavy atom. The van der Waals surface area contributed by atoms with Gasteiger partial charge in [0.1, 0.15) is 12.7 Å². The average molecular weight is 352 g/mol. The van der Waals surface area contributed by atoms with E-state index in [1.165, 1.54) is 0 Å². The molecule has 0 fully saturated rings. The van der Waals surface area contributed by atoms with Gasteiger partial charge in [0.05, 0.1) is 14.2 Å². The van der Waals surface area contributed by atoms with Gasteiger partial charge in [-0.05, 0) is 29.8 Å². The Balaban J connectivity index is 0.00000208. The highest BCUT2D eigenvalue weighted by molar-refractivity contribution is 5.85. The molecular weight excluding hydrogens is 330 g/mol. The van der Waals surface area contributed by atoms with Crippen LogP contribution >= 0.6 is 12.4 Å². The summed E-state index contributed by atoms with van der Waals surface area (Å²) >= 11 is 0. The van der Waals surface area contributed by atoms with Crippen molar-refractivity contribution in [2.45, 2.75) is 12.6 Å². The van der Waals surface area contributed by atoms with E-state index in [4.69, 9.17) is 18.9 Å². The highest BCUT2D eigenvalue weighted by Gasteiger charge is 2.19. The quantitative estimate of drug-likeness (QED) is 0.866. The van der Waals surface area contributed by atoms with Crippen LogP contribution < -0.4 is 24.3 Å². The van der Waals surface area contributed by atoms with E-state index in [0.29, 0.717) is 13.2 Å². The number of hydrogen-bond donors (Lipinski definition) is 1. The van der Waals surface area contributed by atoms with Crippen molar-refractivity contribution in [2.75, 3.05) is 27.4 Å². The molecule has 1 unspecified atom stereocenters. The lowest BCUT2D eigenvalue weighted by Gasteiger charge is -2.26. The Morgan fingerprint density at radius 1 is 1.04 bits per heavy atom.